The summed E-state index contributed by atoms with van der Waals surface area (Å²) >= 11 is 0. The van der Waals surface area contributed by atoms with Crippen molar-refractivity contribution >= 4 is 11.9 Å². The summed E-state index contributed by atoms with van der Waals surface area (Å²) in [6, 6.07) is 0. The van der Waals surface area contributed by atoms with Gasteiger partial charge >= 0.3 is 5.97 Å². The number of carbonyl (C=O) groups excluding carboxylic acids is 1. The van der Waals surface area contributed by atoms with Crippen LogP contribution < -0.4 is 0 Å². The van der Waals surface area contributed by atoms with Crippen molar-refractivity contribution in [2.75, 3.05) is 26.3 Å². The Hall–Kier alpha value is -1.14. The van der Waals surface area contributed by atoms with Gasteiger partial charge in [-0.15, -0.1) is 0 Å². The van der Waals surface area contributed by atoms with Crippen LogP contribution in [0.4, 0.5) is 0 Å². The van der Waals surface area contributed by atoms with Gasteiger partial charge in [0.25, 0.3) is 5.91 Å². The number of aliphatic carboxylic acids is 1. The van der Waals surface area contributed by atoms with E-state index in [-0.39, 0.29) is 17.9 Å². The summed E-state index contributed by atoms with van der Waals surface area (Å²) in [6.45, 7) is 3.85. The van der Waals surface area contributed by atoms with Crippen molar-refractivity contribution in [3.05, 3.63) is 0 Å². The molecule has 130 valence electrons. The fourth-order valence-electron chi connectivity index (χ4n) is 4.33. The zero-order valence-corrected chi connectivity index (χ0v) is 13.8. The second kappa shape index (κ2) is 6.77. The molecule has 1 amide bonds. The average Bonchev–Trinajstić information content (AvgIpc) is 3.11. The monoisotopic (exact) mass is 325 g/mol. The number of likely N-dealkylation sites (tertiary alicyclic amines) is 1. The van der Waals surface area contributed by atoms with Gasteiger partial charge in [-0.25, -0.2) is 0 Å². The number of hydrogen-bond donors (Lipinski definition) is 1. The second-order valence-electron chi connectivity index (χ2n) is 7.23. The van der Waals surface area contributed by atoms with Gasteiger partial charge in [0.2, 0.25) is 0 Å². The fourth-order valence-corrected chi connectivity index (χ4v) is 4.33. The molecule has 0 spiro atoms. The summed E-state index contributed by atoms with van der Waals surface area (Å²) in [5, 5.41) is 9.60. The maximum Gasteiger partial charge on any atom is 0.311 e. The Kier molecular flexibility index (Phi) is 4.92. The van der Waals surface area contributed by atoms with Crippen LogP contribution in [0.2, 0.25) is 0 Å². The van der Waals surface area contributed by atoms with Crippen molar-refractivity contribution in [2.24, 2.45) is 11.3 Å². The molecule has 1 saturated carbocycles. The van der Waals surface area contributed by atoms with Crippen molar-refractivity contribution in [1.29, 1.82) is 0 Å². The third kappa shape index (κ3) is 3.24. The average molecular weight is 325 g/mol. The van der Waals surface area contributed by atoms with E-state index in [9.17, 15) is 14.7 Å². The molecule has 0 aromatic heterocycles. The van der Waals surface area contributed by atoms with Crippen LogP contribution in [0.1, 0.15) is 45.4 Å². The van der Waals surface area contributed by atoms with Crippen LogP contribution in [0.5, 0.6) is 0 Å². The molecule has 3 aliphatic rings. The van der Waals surface area contributed by atoms with E-state index in [0.29, 0.717) is 26.1 Å². The highest BCUT2D eigenvalue weighted by Gasteiger charge is 2.56. The highest BCUT2D eigenvalue weighted by Crippen LogP contribution is 2.49. The predicted molar refractivity (Wildman–Crippen MR) is 83.0 cm³/mol. The number of carboxylic acid groups (broad SMARTS) is 1. The molecule has 0 aromatic carbocycles. The maximum atomic E-state index is 12.6. The van der Waals surface area contributed by atoms with Crippen molar-refractivity contribution in [1.82, 2.24) is 4.90 Å². The summed E-state index contributed by atoms with van der Waals surface area (Å²) < 4.78 is 11.3. The molecule has 2 heterocycles. The minimum Gasteiger partial charge on any atom is -0.481 e. The minimum absolute atomic E-state index is 0.0855. The molecule has 0 radical (unpaired) electrons. The van der Waals surface area contributed by atoms with Crippen molar-refractivity contribution in [3.8, 4) is 0 Å². The molecule has 0 aromatic rings. The fraction of sp³-hybridized carbons (Fsp3) is 0.882. The first kappa shape index (κ1) is 16.7. The first-order chi connectivity index (χ1) is 11.0. The van der Waals surface area contributed by atoms with E-state index in [2.05, 4.69) is 0 Å². The second-order valence-corrected chi connectivity index (χ2v) is 7.23. The first-order valence-corrected chi connectivity index (χ1v) is 8.78. The lowest BCUT2D eigenvalue weighted by Gasteiger charge is -2.27. The van der Waals surface area contributed by atoms with Crippen molar-refractivity contribution in [2.45, 2.75) is 57.7 Å². The number of ether oxygens (including phenoxy) is 2. The van der Waals surface area contributed by atoms with E-state index in [1.807, 2.05) is 0 Å². The molecule has 2 aliphatic heterocycles. The first-order valence-electron chi connectivity index (χ1n) is 8.78. The molecular formula is C17H27NO5. The van der Waals surface area contributed by atoms with Gasteiger partial charge in [0.05, 0.1) is 18.1 Å². The largest absolute Gasteiger partial charge is 0.481 e. The molecule has 2 unspecified atom stereocenters. The number of carboxylic acids is 1. The molecule has 1 N–H and O–H groups in total. The molecule has 0 bridgehead atoms. The molecule has 6 nitrogen and oxygen atoms in total. The third-order valence-electron chi connectivity index (χ3n) is 5.76. The van der Waals surface area contributed by atoms with Crippen LogP contribution >= 0.6 is 0 Å². The number of nitrogens with zero attached hydrogens (tertiary/aromatic N) is 1. The van der Waals surface area contributed by atoms with Crippen LogP contribution in [0.3, 0.4) is 0 Å². The minimum atomic E-state index is -0.750. The van der Waals surface area contributed by atoms with Crippen molar-refractivity contribution in [3.63, 3.8) is 0 Å². The SMILES string of the molecule is CC(OCC1CCCCO1)C(=O)N1C[C@@H]2CCC[C@@]2(C(=O)O)C1. The van der Waals surface area contributed by atoms with Crippen LogP contribution in [-0.2, 0) is 19.1 Å². The van der Waals surface area contributed by atoms with Crippen LogP contribution in [0.15, 0.2) is 0 Å². The number of amides is 1. The highest BCUT2D eigenvalue weighted by molar-refractivity contribution is 5.83. The standard InChI is InChI=1S/C17H27NO5/c1-12(23-10-14-6-2-3-8-22-14)15(19)18-9-13-5-4-7-17(13,11-18)16(20)21/h12-14H,2-11H2,1H3,(H,20,21)/t12?,13-,14?,17+/m0/s1. The number of hydrogen-bond acceptors (Lipinski definition) is 4. The third-order valence-corrected chi connectivity index (χ3v) is 5.76. The van der Waals surface area contributed by atoms with Gasteiger partial charge in [-0.3, -0.25) is 9.59 Å². The van der Waals surface area contributed by atoms with Gasteiger partial charge in [0.15, 0.2) is 0 Å². The van der Waals surface area contributed by atoms with Gasteiger partial charge in [-0.05, 0) is 44.9 Å². The van der Waals surface area contributed by atoms with Crippen LogP contribution in [-0.4, -0.2) is 60.4 Å². The smallest absolute Gasteiger partial charge is 0.311 e. The number of fused-ring (bicyclic) bond motifs is 1. The summed E-state index contributed by atoms with van der Waals surface area (Å²) in [7, 11) is 0. The van der Waals surface area contributed by atoms with Gasteiger partial charge in [0.1, 0.15) is 6.10 Å². The van der Waals surface area contributed by atoms with E-state index < -0.39 is 17.5 Å². The Labute approximate surface area is 137 Å². The molecule has 2 saturated heterocycles. The normalized spacial score (nSPS) is 35.1. The molecule has 3 fully saturated rings. The summed E-state index contributed by atoms with van der Waals surface area (Å²) in [6.07, 6.45) is 5.30. The zero-order valence-electron chi connectivity index (χ0n) is 13.8. The topological polar surface area (TPSA) is 76.1 Å². The molecule has 23 heavy (non-hydrogen) atoms. The highest BCUT2D eigenvalue weighted by atomic mass is 16.5. The number of carbonyl (C=O) groups is 2. The Morgan fingerprint density at radius 3 is 2.83 bits per heavy atom. The zero-order chi connectivity index (χ0) is 16.4. The van der Waals surface area contributed by atoms with Gasteiger partial charge in [-0.1, -0.05) is 6.42 Å². The molecule has 4 atom stereocenters. The number of rotatable bonds is 5. The summed E-state index contributed by atoms with van der Waals surface area (Å²) in [4.78, 5) is 26.0. The van der Waals surface area contributed by atoms with E-state index in [1.165, 1.54) is 0 Å². The molecule has 3 rings (SSSR count). The van der Waals surface area contributed by atoms with Crippen molar-refractivity contribution < 1.29 is 24.2 Å². The molecule has 6 heteroatoms. The lowest BCUT2D eigenvalue weighted by molar-refractivity contribution is -0.151. The quantitative estimate of drug-likeness (QED) is 0.832. The summed E-state index contributed by atoms with van der Waals surface area (Å²) in [5.74, 6) is -0.742. The maximum absolute atomic E-state index is 12.6. The van der Waals surface area contributed by atoms with E-state index in [1.54, 1.807) is 11.8 Å². The lowest BCUT2D eigenvalue weighted by Crippen LogP contribution is -2.42. The Balaban J connectivity index is 1.53. The Bertz CT molecular complexity index is 462. The Morgan fingerprint density at radius 2 is 2.17 bits per heavy atom. The Morgan fingerprint density at radius 1 is 1.35 bits per heavy atom. The van der Waals surface area contributed by atoms with Crippen LogP contribution in [0.25, 0.3) is 0 Å². The van der Waals surface area contributed by atoms with E-state index in [0.717, 1.165) is 38.7 Å². The molecule has 1 aliphatic carbocycles. The van der Waals surface area contributed by atoms with Gasteiger partial charge in [0, 0.05) is 19.7 Å². The van der Waals surface area contributed by atoms with E-state index >= 15 is 0 Å². The van der Waals surface area contributed by atoms with Gasteiger partial charge < -0.3 is 19.5 Å². The predicted octanol–water partition coefficient (Wildman–Crippen LogP) is 1.67. The lowest BCUT2D eigenvalue weighted by atomic mass is 9.81. The summed E-state index contributed by atoms with van der Waals surface area (Å²) in [5.41, 5.74) is -0.720. The van der Waals surface area contributed by atoms with Gasteiger partial charge in [-0.2, -0.15) is 0 Å². The van der Waals surface area contributed by atoms with Crippen LogP contribution in [0, 0.1) is 11.3 Å². The van der Waals surface area contributed by atoms with E-state index in [4.69, 9.17) is 9.47 Å². The molecular weight excluding hydrogens is 298 g/mol.